The number of benzene rings is 2. The Morgan fingerprint density at radius 1 is 0.926 bits per heavy atom. The zero-order chi connectivity index (χ0) is 18.1. The highest BCUT2D eigenvalue weighted by atomic mass is 15.0. The van der Waals surface area contributed by atoms with Crippen LogP contribution in [-0.2, 0) is 6.42 Å². The third kappa shape index (κ3) is 3.00. The summed E-state index contributed by atoms with van der Waals surface area (Å²) in [5.74, 6) is 0.793. The summed E-state index contributed by atoms with van der Waals surface area (Å²) in [7, 11) is 0. The minimum atomic E-state index is 0.793. The number of para-hydroxylation sites is 1. The van der Waals surface area contributed by atoms with Crippen LogP contribution in [0.4, 0.5) is 0 Å². The van der Waals surface area contributed by atoms with Crippen LogP contribution >= 0.6 is 0 Å². The number of aromatic nitrogens is 5. The van der Waals surface area contributed by atoms with Crippen molar-refractivity contribution in [1.82, 2.24) is 24.5 Å². The van der Waals surface area contributed by atoms with Gasteiger partial charge in [-0.25, -0.2) is 9.97 Å². The molecule has 0 saturated heterocycles. The van der Waals surface area contributed by atoms with Crippen molar-refractivity contribution in [2.24, 2.45) is 0 Å². The fourth-order valence-corrected chi connectivity index (χ4v) is 3.32. The van der Waals surface area contributed by atoms with Gasteiger partial charge < -0.3 is 9.55 Å². The number of hydrogen-bond acceptors (Lipinski definition) is 3. The van der Waals surface area contributed by atoms with Crippen molar-refractivity contribution in [1.29, 1.82) is 0 Å². The number of H-pyrrole nitrogens is 1. The predicted octanol–water partition coefficient (Wildman–Crippen LogP) is 4.40. The Kier molecular flexibility index (Phi) is 3.76. The standard InChI is InChI=1S/C22H17N5/c1-2-7-21(27-12-11-23-15-27)17(5-1)13-16-8-9-18-20(14-16)26-22(25-18)19-6-3-4-10-24-19/h1-12,14-15H,13H2,(H,25,26). The van der Waals surface area contributed by atoms with Crippen molar-refractivity contribution in [2.45, 2.75) is 6.42 Å². The van der Waals surface area contributed by atoms with Gasteiger partial charge in [0.2, 0.25) is 0 Å². The van der Waals surface area contributed by atoms with E-state index in [9.17, 15) is 0 Å². The van der Waals surface area contributed by atoms with Gasteiger partial charge in [0.15, 0.2) is 5.82 Å². The SMILES string of the molecule is c1ccc(-c2nc3ccc(Cc4ccccc4-n4ccnc4)cc3[nH]2)nc1. The second-order valence-electron chi connectivity index (χ2n) is 6.43. The van der Waals surface area contributed by atoms with E-state index in [1.165, 1.54) is 11.1 Å². The molecule has 2 aromatic carbocycles. The van der Waals surface area contributed by atoms with Gasteiger partial charge in [0.05, 0.1) is 17.4 Å². The quantitative estimate of drug-likeness (QED) is 0.522. The molecule has 0 atom stereocenters. The van der Waals surface area contributed by atoms with Crippen molar-refractivity contribution in [3.05, 3.63) is 96.7 Å². The maximum atomic E-state index is 4.66. The third-order valence-electron chi connectivity index (χ3n) is 4.62. The molecule has 0 aliphatic carbocycles. The topological polar surface area (TPSA) is 59.4 Å². The van der Waals surface area contributed by atoms with Crippen LogP contribution in [0.3, 0.4) is 0 Å². The van der Waals surface area contributed by atoms with Gasteiger partial charge in [0.25, 0.3) is 0 Å². The molecule has 1 N–H and O–H groups in total. The predicted molar refractivity (Wildman–Crippen MR) is 106 cm³/mol. The van der Waals surface area contributed by atoms with E-state index in [0.29, 0.717) is 0 Å². The van der Waals surface area contributed by atoms with Crippen molar-refractivity contribution >= 4 is 11.0 Å². The number of fused-ring (bicyclic) bond motifs is 1. The third-order valence-corrected chi connectivity index (χ3v) is 4.62. The number of imidazole rings is 2. The fraction of sp³-hybridized carbons (Fsp3) is 0.0455. The zero-order valence-corrected chi connectivity index (χ0v) is 14.6. The molecule has 0 spiro atoms. The Balaban J connectivity index is 1.50. The summed E-state index contributed by atoms with van der Waals surface area (Å²) >= 11 is 0. The average molecular weight is 351 g/mol. The van der Waals surface area contributed by atoms with Crippen LogP contribution in [0.15, 0.2) is 85.6 Å². The van der Waals surface area contributed by atoms with Crippen molar-refractivity contribution in [3.8, 4) is 17.2 Å². The van der Waals surface area contributed by atoms with E-state index >= 15 is 0 Å². The summed E-state index contributed by atoms with van der Waals surface area (Å²) in [6.45, 7) is 0. The highest BCUT2D eigenvalue weighted by molar-refractivity contribution is 5.79. The molecule has 5 rings (SSSR count). The van der Waals surface area contributed by atoms with Crippen molar-refractivity contribution < 1.29 is 0 Å². The van der Waals surface area contributed by atoms with E-state index < -0.39 is 0 Å². The smallest absolute Gasteiger partial charge is 0.157 e. The summed E-state index contributed by atoms with van der Waals surface area (Å²) < 4.78 is 2.04. The first kappa shape index (κ1) is 15.5. The van der Waals surface area contributed by atoms with Gasteiger partial charge >= 0.3 is 0 Å². The molecule has 5 heteroatoms. The maximum Gasteiger partial charge on any atom is 0.157 e. The summed E-state index contributed by atoms with van der Waals surface area (Å²) in [4.78, 5) is 16.6. The first-order valence-corrected chi connectivity index (χ1v) is 8.83. The van der Waals surface area contributed by atoms with Crippen LogP contribution in [0.1, 0.15) is 11.1 Å². The van der Waals surface area contributed by atoms with Crippen LogP contribution < -0.4 is 0 Å². The van der Waals surface area contributed by atoms with Gasteiger partial charge in [-0.1, -0.05) is 30.3 Å². The van der Waals surface area contributed by atoms with Crippen LogP contribution in [0.5, 0.6) is 0 Å². The summed E-state index contributed by atoms with van der Waals surface area (Å²) in [5, 5.41) is 0. The molecule has 0 radical (unpaired) electrons. The highest BCUT2D eigenvalue weighted by Crippen LogP contribution is 2.23. The molecular weight excluding hydrogens is 334 g/mol. The largest absolute Gasteiger partial charge is 0.337 e. The second-order valence-corrected chi connectivity index (χ2v) is 6.43. The molecule has 3 heterocycles. The first-order chi connectivity index (χ1) is 13.4. The Morgan fingerprint density at radius 2 is 1.85 bits per heavy atom. The Bertz CT molecular complexity index is 1190. The maximum absolute atomic E-state index is 4.66. The van der Waals surface area contributed by atoms with E-state index in [2.05, 4.69) is 62.4 Å². The molecule has 0 aliphatic heterocycles. The molecular formula is C22H17N5. The normalized spacial score (nSPS) is 11.1. The molecule has 5 aromatic rings. The van der Waals surface area contributed by atoms with Crippen LogP contribution in [-0.4, -0.2) is 24.5 Å². The van der Waals surface area contributed by atoms with Gasteiger partial charge in [-0.15, -0.1) is 0 Å². The lowest BCUT2D eigenvalue weighted by Crippen LogP contribution is -1.98. The minimum absolute atomic E-state index is 0.793. The molecule has 0 unspecified atom stereocenters. The van der Waals surface area contributed by atoms with E-state index in [0.717, 1.165) is 34.7 Å². The van der Waals surface area contributed by atoms with E-state index in [1.54, 1.807) is 12.4 Å². The fourth-order valence-electron chi connectivity index (χ4n) is 3.32. The molecule has 3 aromatic heterocycles. The summed E-state index contributed by atoms with van der Waals surface area (Å²) in [6.07, 6.45) is 8.21. The molecule has 0 fully saturated rings. The van der Waals surface area contributed by atoms with Crippen LogP contribution in [0, 0.1) is 0 Å². The van der Waals surface area contributed by atoms with Gasteiger partial charge in [-0.2, -0.15) is 0 Å². The van der Waals surface area contributed by atoms with Crippen molar-refractivity contribution in [2.75, 3.05) is 0 Å². The van der Waals surface area contributed by atoms with Gasteiger partial charge in [-0.3, -0.25) is 4.98 Å². The number of rotatable bonds is 4. The number of hydrogen-bond donors (Lipinski definition) is 1. The average Bonchev–Trinajstić information content (AvgIpc) is 3.39. The molecule has 130 valence electrons. The Labute approximate surface area is 156 Å². The lowest BCUT2D eigenvalue weighted by molar-refractivity contribution is 1.02. The van der Waals surface area contributed by atoms with Gasteiger partial charge in [0, 0.05) is 24.3 Å². The molecule has 0 aliphatic rings. The number of nitrogens with one attached hydrogen (secondary N) is 1. The summed E-state index contributed by atoms with van der Waals surface area (Å²) in [5.41, 5.74) is 6.44. The zero-order valence-electron chi connectivity index (χ0n) is 14.6. The van der Waals surface area contributed by atoms with Crippen molar-refractivity contribution in [3.63, 3.8) is 0 Å². The van der Waals surface area contributed by atoms with Gasteiger partial charge in [-0.05, 0) is 47.9 Å². The second kappa shape index (κ2) is 6.53. The Morgan fingerprint density at radius 3 is 2.70 bits per heavy atom. The van der Waals surface area contributed by atoms with Gasteiger partial charge in [0.1, 0.15) is 5.69 Å². The summed E-state index contributed by atoms with van der Waals surface area (Å²) in [6, 6.07) is 20.6. The van der Waals surface area contributed by atoms with Crippen LogP contribution in [0.2, 0.25) is 0 Å². The number of pyridine rings is 1. The van der Waals surface area contributed by atoms with E-state index in [-0.39, 0.29) is 0 Å². The monoisotopic (exact) mass is 351 g/mol. The molecule has 5 nitrogen and oxygen atoms in total. The lowest BCUT2D eigenvalue weighted by Gasteiger charge is -2.10. The Hall–Kier alpha value is -3.73. The minimum Gasteiger partial charge on any atom is -0.337 e. The van der Waals surface area contributed by atoms with Crippen LogP contribution in [0.25, 0.3) is 28.2 Å². The highest BCUT2D eigenvalue weighted by Gasteiger charge is 2.09. The lowest BCUT2D eigenvalue weighted by atomic mass is 10.0. The molecule has 0 amide bonds. The molecule has 0 bridgehead atoms. The first-order valence-electron chi connectivity index (χ1n) is 8.83. The number of nitrogens with zero attached hydrogens (tertiary/aromatic N) is 4. The van der Waals surface area contributed by atoms with E-state index in [1.807, 2.05) is 35.3 Å². The molecule has 0 saturated carbocycles. The van der Waals surface area contributed by atoms with E-state index in [4.69, 9.17) is 0 Å². The molecule has 27 heavy (non-hydrogen) atoms. The number of aromatic amines is 1.